The average Bonchev–Trinajstić information content (AvgIpc) is 3.31. The zero-order chi connectivity index (χ0) is 16.4. The van der Waals surface area contributed by atoms with Gasteiger partial charge in [-0.25, -0.2) is 0 Å². The van der Waals surface area contributed by atoms with Gasteiger partial charge in [0.15, 0.2) is 5.16 Å². The largest absolute Gasteiger partial charge is 0.325 e. The van der Waals surface area contributed by atoms with E-state index in [1.54, 1.807) is 0 Å². The second-order valence-electron chi connectivity index (χ2n) is 5.97. The van der Waals surface area contributed by atoms with E-state index in [-0.39, 0.29) is 11.2 Å². The van der Waals surface area contributed by atoms with Crippen LogP contribution in [0.4, 0.5) is 5.69 Å². The fourth-order valence-corrected chi connectivity index (χ4v) is 3.34. The van der Waals surface area contributed by atoms with Gasteiger partial charge in [0.1, 0.15) is 5.82 Å². The predicted molar refractivity (Wildman–Crippen MR) is 92.8 cm³/mol. The van der Waals surface area contributed by atoms with Crippen molar-refractivity contribution in [3.05, 3.63) is 35.7 Å². The number of thioether (sulfide) groups is 1. The topological polar surface area (TPSA) is 59.8 Å². The van der Waals surface area contributed by atoms with E-state index in [1.807, 2.05) is 38.1 Å². The van der Waals surface area contributed by atoms with Crippen molar-refractivity contribution in [1.82, 2.24) is 14.8 Å². The summed E-state index contributed by atoms with van der Waals surface area (Å²) < 4.78 is 2.14. The van der Waals surface area contributed by atoms with Gasteiger partial charge in [-0.05, 0) is 45.7 Å². The summed E-state index contributed by atoms with van der Waals surface area (Å²) in [5, 5.41) is 12.2. The Morgan fingerprint density at radius 3 is 2.65 bits per heavy atom. The van der Waals surface area contributed by atoms with Crippen molar-refractivity contribution in [2.45, 2.75) is 56.5 Å². The maximum absolute atomic E-state index is 12.4. The number of hydrogen-bond acceptors (Lipinski definition) is 4. The normalized spacial score (nSPS) is 15.4. The van der Waals surface area contributed by atoms with Gasteiger partial charge in [-0.3, -0.25) is 4.79 Å². The van der Waals surface area contributed by atoms with Gasteiger partial charge in [-0.1, -0.05) is 29.5 Å². The van der Waals surface area contributed by atoms with Gasteiger partial charge in [-0.15, -0.1) is 10.2 Å². The van der Waals surface area contributed by atoms with E-state index in [0.717, 1.165) is 23.2 Å². The lowest BCUT2D eigenvalue weighted by Gasteiger charge is -2.12. The number of anilines is 1. The summed E-state index contributed by atoms with van der Waals surface area (Å²) >= 11 is 1.47. The first-order valence-corrected chi connectivity index (χ1v) is 8.93. The van der Waals surface area contributed by atoms with E-state index in [0.29, 0.717) is 5.92 Å². The molecule has 5 nitrogen and oxygen atoms in total. The lowest BCUT2D eigenvalue weighted by Crippen LogP contribution is -2.23. The molecule has 0 spiro atoms. The summed E-state index contributed by atoms with van der Waals surface area (Å²) in [4.78, 5) is 12.4. The molecular formula is C17H22N4OS. The first kappa shape index (κ1) is 16.1. The van der Waals surface area contributed by atoms with Crippen molar-refractivity contribution >= 4 is 23.4 Å². The molecular weight excluding hydrogens is 308 g/mol. The summed E-state index contributed by atoms with van der Waals surface area (Å²) in [5.41, 5.74) is 2.00. The second kappa shape index (κ2) is 6.74. The van der Waals surface area contributed by atoms with E-state index >= 15 is 0 Å². The van der Waals surface area contributed by atoms with Gasteiger partial charge in [0.25, 0.3) is 0 Å². The van der Waals surface area contributed by atoms with Gasteiger partial charge in [-0.2, -0.15) is 0 Å². The van der Waals surface area contributed by atoms with Crippen molar-refractivity contribution in [2.24, 2.45) is 0 Å². The number of rotatable bonds is 6. The van der Waals surface area contributed by atoms with Crippen LogP contribution in [0.25, 0.3) is 0 Å². The van der Waals surface area contributed by atoms with Crippen molar-refractivity contribution in [2.75, 3.05) is 5.32 Å². The Bertz CT molecular complexity index is 691. The third-order valence-corrected chi connectivity index (χ3v) is 5.06. The van der Waals surface area contributed by atoms with Crippen LogP contribution in [0.2, 0.25) is 0 Å². The summed E-state index contributed by atoms with van der Waals surface area (Å²) in [7, 11) is 0. The van der Waals surface area contributed by atoms with Crippen molar-refractivity contribution in [3.8, 4) is 0 Å². The highest BCUT2D eigenvalue weighted by atomic mass is 32.2. The van der Waals surface area contributed by atoms with Gasteiger partial charge in [0.2, 0.25) is 5.91 Å². The molecule has 1 fully saturated rings. The van der Waals surface area contributed by atoms with Gasteiger partial charge in [0, 0.05) is 18.2 Å². The molecule has 0 radical (unpaired) electrons. The van der Waals surface area contributed by atoms with Crippen molar-refractivity contribution in [3.63, 3.8) is 0 Å². The Labute approximate surface area is 140 Å². The minimum absolute atomic E-state index is 0.0162. The van der Waals surface area contributed by atoms with Crippen LogP contribution in [0.5, 0.6) is 0 Å². The molecule has 0 bridgehead atoms. The third-order valence-electron chi connectivity index (χ3n) is 3.97. The van der Waals surface area contributed by atoms with E-state index in [9.17, 15) is 4.79 Å². The third kappa shape index (κ3) is 3.75. The highest BCUT2D eigenvalue weighted by Gasteiger charge is 2.30. The Morgan fingerprint density at radius 2 is 2.04 bits per heavy atom. The zero-order valence-electron chi connectivity index (χ0n) is 13.7. The summed E-state index contributed by atoms with van der Waals surface area (Å²) in [6, 6.07) is 7.82. The molecule has 0 unspecified atom stereocenters. The second-order valence-corrected chi connectivity index (χ2v) is 7.28. The van der Waals surface area contributed by atoms with Gasteiger partial charge in [0.05, 0.1) is 5.25 Å². The number of carbonyl (C=O) groups is 1. The number of amides is 1. The summed E-state index contributed by atoms with van der Waals surface area (Å²) in [5.74, 6) is 1.62. The van der Waals surface area contributed by atoms with Crippen LogP contribution >= 0.6 is 11.8 Å². The first-order chi connectivity index (χ1) is 11.1. The number of benzene rings is 1. The molecule has 3 rings (SSSR count). The Hall–Kier alpha value is -1.82. The van der Waals surface area contributed by atoms with Gasteiger partial charge >= 0.3 is 0 Å². The predicted octanol–water partition coefficient (Wildman–Crippen LogP) is 3.60. The maximum Gasteiger partial charge on any atom is 0.237 e. The molecule has 1 aromatic heterocycles. The molecule has 1 atom stereocenters. The van der Waals surface area contributed by atoms with Crippen LogP contribution in [0.1, 0.15) is 44.0 Å². The lowest BCUT2D eigenvalue weighted by atomic mass is 10.2. The quantitative estimate of drug-likeness (QED) is 0.822. The van der Waals surface area contributed by atoms with Crippen LogP contribution in [-0.2, 0) is 11.3 Å². The highest BCUT2D eigenvalue weighted by molar-refractivity contribution is 8.00. The first-order valence-electron chi connectivity index (χ1n) is 8.05. The molecule has 1 N–H and O–H groups in total. The minimum atomic E-state index is -0.224. The molecule has 1 saturated carbocycles. The molecule has 1 aliphatic rings. The fourth-order valence-electron chi connectivity index (χ4n) is 2.42. The molecule has 0 aliphatic heterocycles. The molecule has 122 valence electrons. The number of hydrogen-bond donors (Lipinski definition) is 1. The summed E-state index contributed by atoms with van der Waals surface area (Å²) in [6.45, 7) is 6.86. The Kier molecular flexibility index (Phi) is 4.71. The highest BCUT2D eigenvalue weighted by Crippen LogP contribution is 2.40. The number of aryl methyl sites for hydroxylation is 1. The smallest absolute Gasteiger partial charge is 0.237 e. The van der Waals surface area contributed by atoms with Crippen LogP contribution in [0, 0.1) is 6.92 Å². The lowest BCUT2D eigenvalue weighted by molar-refractivity contribution is -0.115. The van der Waals surface area contributed by atoms with E-state index in [1.165, 1.54) is 30.2 Å². The van der Waals surface area contributed by atoms with E-state index < -0.39 is 0 Å². The zero-order valence-corrected chi connectivity index (χ0v) is 14.6. The fraction of sp³-hybridized carbons (Fsp3) is 0.471. The van der Waals surface area contributed by atoms with Crippen LogP contribution in [0.15, 0.2) is 29.4 Å². The number of nitrogens with one attached hydrogen (secondary N) is 1. The molecule has 1 amide bonds. The molecule has 1 heterocycles. The monoisotopic (exact) mass is 330 g/mol. The van der Waals surface area contributed by atoms with Crippen molar-refractivity contribution in [1.29, 1.82) is 0 Å². The van der Waals surface area contributed by atoms with E-state index in [2.05, 4.69) is 27.0 Å². The van der Waals surface area contributed by atoms with Crippen LogP contribution in [-0.4, -0.2) is 25.9 Å². The molecule has 1 aromatic carbocycles. The van der Waals surface area contributed by atoms with Crippen LogP contribution < -0.4 is 5.32 Å². The molecule has 23 heavy (non-hydrogen) atoms. The Morgan fingerprint density at radius 1 is 1.35 bits per heavy atom. The molecule has 2 aromatic rings. The van der Waals surface area contributed by atoms with Gasteiger partial charge < -0.3 is 9.88 Å². The van der Waals surface area contributed by atoms with Crippen molar-refractivity contribution < 1.29 is 4.79 Å². The molecule has 6 heteroatoms. The maximum atomic E-state index is 12.4. The van der Waals surface area contributed by atoms with Crippen LogP contribution in [0.3, 0.4) is 0 Å². The SMILES string of the molecule is CCn1c(S[C@H](C)C(=O)Nc2ccc(C)cc2)nnc1C1CC1. The minimum Gasteiger partial charge on any atom is -0.325 e. The summed E-state index contributed by atoms with van der Waals surface area (Å²) in [6.07, 6.45) is 2.40. The number of nitrogens with zero attached hydrogens (tertiary/aromatic N) is 3. The average molecular weight is 330 g/mol. The molecule has 0 saturated heterocycles. The Balaban J connectivity index is 1.65. The number of carbonyl (C=O) groups excluding carboxylic acids is 1. The standard InChI is InChI=1S/C17H22N4OS/c1-4-21-15(13-7-8-13)19-20-17(21)23-12(3)16(22)18-14-9-5-11(2)6-10-14/h5-6,9-10,12-13H,4,7-8H2,1-3H3,(H,18,22)/t12-/m1/s1. The van der Waals surface area contributed by atoms with E-state index in [4.69, 9.17) is 0 Å². The molecule has 1 aliphatic carbocycles. The number of aromatic nitrogens is 3.